The molecular weight excluding hydrogens is 326 g/mol. The Bertz CT molecular complexity index is 575. The Morgan fingerprint density at radius 3 is 2.40 bits per heavy atom. The predicted octanol–water partition coefficient (Wildman–Crippen LogP) is 2.91. The molecule has 0 amide bonds. The summed E-state index contributed by atoms with van der Waals surface area (Å²) in [6.45, 7) is 4.97. The molecule has 0 spiro atoms. The summed E-state index contributed by atoms with van der Waals surface area (Å²) in [4.78, 5) is 27.6. The van der Waals surface area contributed by atoms with Crippen LogP contribution in [0.4, 0.5) is 5.69 Å². The van der Waals surface area contributed by atoms with Crippen LogP contribution in [0.5, 0.6) is 0 Å². The van der Waals surface area contributed by atoms with Crippen LogP contribution in [-0.2, 0) is 19.1 Å². The van der Waals surface area contributed by atoms with E-state index in [9.17, 15) is 9.59 Å². The lowest BCUT2D eigenvalue weighted by molar-refractivity contribution is -0.235. The van der Waals surface area contributed by atoms with Crippen LogP contribution in [0.25, 0.3) is 0 Å². The molecule has 0 radical (unpaired) electrons. The van der Waals surface area contributed by atoms with Gasteiger partial charge in [-0.3, -0.25) is 14.6 Å². The summed E-state index contributed by atoms with van der Waals surface area (Å²) in [6.07, 6.45) is 1.25. The maximum Gasteiger partial charge on any atom is 0.329 e. The second-order valence-corrected chi connectivity index (χ2v) is 5.79. The van der Waals surface area contributed by atoms with Crippen LogP contribution in [0.15, 0.2) is 27.7 Å². The first kappa shape index (κ1) is 14.7. The Morgan fingerprint density at radius 2 is 1.85 bits per heavy atom. The van der Waals surface area contributed by atoms with Crippen molar-refractivity contribution < 1.29 is 19.1 Å². The second-order valence-electron chi connectivity index (χ2n) is 4.93. The number of aryl methyl sites for hydroxylation is 1. The average Bonchev–Trinajstić information content (AvgIpc) is 2.31. The van der Waals surface area contributed by atoms with Crippen molar-refractivity contribution in [3.8, 4) is 0 Å². The Labute approximate surface area is 125 Å². The van der Waals surface area contributed by atoms with Gasteiger partial charge in [-0.2, -0.15) is 0 Å². The normalized spacial score (nSPS) is 19.0. The summed E-state index contributed by atoms with van der Waals surface area (Å²) >= 11 is 3.39. The third-order valence-corrected chi connectivity index (χ3v) is 3.58. The minimum Gasteiger partial charge on any atom is -0.422 e. The highest BCUT2D eigenvalue weighted by Gasteiger charge is 2.42. The van der Waals surface area contributed by atoms with Crippen molar-refractivity contribution in [3.63, 3.8) is 0 Å². The molecule has 2 rings (SSSR count). The molecule has 106 valence electrons. The molecule has 1 fully saturated rings. The number of carbonyl (C=O) groups excluding carboxylic acids is 2. The number of aliphatic imine (C=N–C) groups is 1. The number of ether oxygens (including phenoxy) is 2. The molecule has 1 aromatic rings. The molecule has 6 heteroatoms. The first-order valence-electron chi connectivity index (χ1n) is 6.04. The van der Waals surface area contributed by atoms with Gasteiger partial charge in [0.1, 0.15) is 0 Å². The fourth-order valence-electron chi connectivity index (χ4n) is 1.67. The summed E-state index contributed by atoms with van der Waals surface area (Å²) in [6, 6.07) is 5.48. The van der Waals surface area contributed by atoms with Crippen LogP contribution in [-0.4, -0.2) is 23.9 Å². The standard InChI is InChI=1S/C14H14BrNO4/c1-8-4-5-9(6-11(8)15)16-7-10-12(17)19-14(2,3)20-13(10)18/h4-7,10H,1-3H3/b16-7-. The molecule has 5 nitrogen and oxygen atoms in total. The number of nitrogens with zero attached hydrogens (tertiary/aromatic N) is 1. The van der Waals surface area contributed by atoms with Gasteiger partial charge in [0, 0.05) is 24.5 Å². The molecule has 20 heavy (non-hydrogen) atoms. The van der Waals surface area contributed by atoms with E-state index >= 15 is 0 Å². The largest absolute Gasteiger partial charge is 0.422 e. The minimum atomic E-state index is -1.22. The molecule has 1 aliphatic heterocycles. The van der Waals surface area contributed by atoms with Crippen molar-refractivity contribution >= 4 is 39.8 Å². The summed E-state index contributed by atoms with van der Waals surface area (Å²) in [5.41, 5.74) is 1.70. The van der Waals surface area contributed by atoms with Crippen molar-refractivity contribution in [2.45, 2.75) is 26.6 Å². The van der Waals surface area contributed by atoms with Crippen LogP contribution in [0.2, 0.25) is 0 Å². The predicted molar refractivity (Wildman–Crippen MR) is 76.8 cm³/mol. The number of rotatable bonds is 2. The van der Waals surface area contributed by atoms with Crippen molar-refractivity contribution in [1.82, 2.24) is 0 Å². The van der Waals surface area contributed by atoms with Crippen LogP contribution >= 0.6 is 15.9 Å². The Kier molecular flexibility index (Phi) is 3.94. The number of carbonyl (C=O) groups is 2. The summed E-state index contributed by atoms with van der Waals surface area (Å²) in [7, 11) is 0. The maximum atomic E-state index is 11.7. The Hall–Kier alpha value is -1.69. The molecule has 1 aliphatic rings. The van der Waals surface area contributed by atoms with Gasteiger partial charge in [-0.1, -0.05) is 22.0 Å². The van der Waals surface area contributed by atoms with Gasteiger partial charge < -0.3 is 9.47 Å². The molecule has 0 aliphatic carbocycles. The lowest BCUT2D eigenvalue weighted by Gasteiger charge is -2.31. The van der Waals surface area contributed by atoms with Crippen LogP contribution < -0.4 is 0 Å². The van der Waals surface area contributed by atoms with Crippen molar-refractivity contribution in [1.29, 1.82) is 0 Å². The first-order valence-corrected chi connectivity index (χ1v) is 6.84. The zero-order valence-electron chi connectivity index (χ0n) is 11.3. The van der Waals surface area contributed by atoms with Crippen molar-refractivity contribution in [3.05, 3.63) is 28.2 Å². The summed E-state index contributed by atoms with van der Waals surface area (Å²) < 4.78 is 10.9. The van der Waals surface area contributed by atoms with E-state index in [0.717, 1.165) is 10.0 Å². The van der Waals surface area contributed by atoms with Crippen LogP contribution in [0.1, 0.15) is 19.4 Å². The van der Waals surface area contributed by atoms with Gasteiger partial charge in [0.05, 0.1) is 5.69 Å². The van der Waals surface area contributed by atoms with E-state index in [1.165, 1.54) is 20.1 Å². The lowest BCUT2D eigenvalue weighted by atomic mass is 10.1. The van der Waals surface area contributed by atoms with Crippen LogP contribution in [0.3, 0.4) is 0 Å². The quantitative estimate of drug-likeness (QED) is 0.472. The van der Waals surface area contributed by atoms with E-state index in [1.54, 1.807) is 12.1 Å². The third kappa shape index (κ3) is 3.25. The number of halogens is 1. The van der Waals surface area contributed by atoms with E-state index in [1.807, 2.05) is 13.0 Å². The smallest absolute Gasteiger partial charge is 0.329 e. The molecular formula is C14H14BrNO4. The van der Waals surface area contributed by atoms with Gasteiger partial charge >= 0.3 is 11.9 Å². The lowest BCUT2D eigenvalue weighted by Crippen LogP contribution is -2.46. The number of hydrogen-bond donors (Lipinski definition) is 0. The molecule has 1 heterocycles. The van der Waals surface area contributed by atoms with Crippen LogP contribution in [0, 0.1) is 12.8 Å². The molecule has 1 saturated heterocycles. The van der Waals surface area contributed by atoms with Crippen molar-refractivity contribution in [2.75, 3.05) is 0 Å². The van der Waals surface area contributed by atoms with E-state index in [0.29, 0.717) is 5.69 Å². The fourth-order valence-corrected chi connectivity index (χ4v) is 2.04. The first-order chi connectivity index (χ1) is 9.28. The zero-order chi connectivity index (χ0) is 14.9. The number of cyclic esters (lactones) is 2. The topological polar surface area (TPSA) is 65.0 Å². The molecule has 1 aromatic carbocycles. The average molecular weight is 340 g/mol. The molecule has 0 N–H and O–H groups in total. The highest BCUT2D eigenvalue weighted by molar-refractivity contribution is 9.10. The molecule has 0 unspecified atom stereocenters. The maximum absolute atomic E-state index is 11.7. The van der Waals surface area contributed by atoms with Gasteiger partial charge in [-0.25, -0.2) is 0 Å². The highest BCUT2D eigenvalue weighted by Crippen LogP contribution is 2.25. The number of benzene rings is 1. The highest BCUT2D eigenvalue weighted by atomic mass is 79.9. The number of hydrogen-bond acceptors (Lipinski definition) is 5. The van der Waals surface area contributed by atoms with E-state index in [-0.39, 0.29) is 0 Å². The zero-order valence-corrected chi connectivity index (χ0v) is 12.9. The molecule has 0 saturated carbocycles. The van der Waals surface area contributed by atoms with Crippen molar-refractivity contribution in [2.24, 2.45) is 10.9 Å². The van der Waals surface area contributed by atoms with Gasteiger partial charge in [0.2, 0.25) is 0 Å². The third-order valence-electron chi connectivity index (χ3n) is 2.73. The monoisotopic (exact) mass is 339 g/mol. The summed E-state index contributed by atoms with van der Waals surface area (Å²) in [5.74, 6) is -3.64. The van der Waals surface area contributed by atoms with E-state index in [4.69, 9.17) is 9.47 Å². The van der Waals surface area contributed by atoms with Gasteiger partial charge in [-0.05, 0) is 24.6 Å². The van der Waals surface area contributed by atoms with Gasteiger partial charge in [-0.15, -0.1) is 0 Å². The van der Waals surface area contributed by atoms with Gasteiger partial charge in [0.25, 0.3) is 5.79 Å². The summed E-state index contributed by atoms with van der Waals surface area (Å²) in [5, 5.41) is 0. The van der Waals surface area contributed by atoms with Gasteiger partial charge in [0.15, 0.2) is 5.92 Å². The number of esters is 2. The molecule has 0 aromatic heterocycles. The van der Waals surface area contributed by atoms with E-state index in [2.05, 4.69) is 20.9 Å². The molecule has 0 atom stereocenters. The second kappa shape index (κ2) is 5.36. The molecule has 0 bridgehead atoms. The SMILES string of the molecule is Cc1ccc(/N=C\C2C(=O)OC(C)(C)OC2=O)cc1Br. The fraction of sp³-hybridized carbons (Fsp3) is 0.357. The Balaban J connectivity index is 2.16. The Morgan fingerprint density at radius 1 is 1.25 bits per heavy atom. The minimum absolute atomic E-state index is 0.632. The van der Waals surface area contributed by atoms with E-state index < -0.39 is 23.6 Å².